The molecule has 0 spiro atoms. The average Bonchev–Trinajstić information content (AvgIpc) is 3.48. The molecule has 0 radical (unpaired) electrons. The van der Waals surface area contributed by atoms with Gasteiger partial charge in [-0.25, -0.2) is 9.69 Å². The van der Waals surface area contributed by atoms with Gasteiger partial charge in [-0.1, -0.05) is 36.0 Å². The van der Waals surface area contributed by atoms with Gasteiger partial charge in [0, 0.05) is 0 Å². The van der Waals surface area contributed by atoms with Crippen molar-refractivity contribution in [3.63, 3.8) is 0 Å². The van der Waals surface area contributed by atoms with E-state index < -0.39 is 23.3 Å². The van der Waals surface area contributed by atoms with Gasteiger partial charge in [0.05, 0.1) is 17.3 Å². The molecule has 1 aliphatic carbocycles. The van der Waals surface area contributed by atoms with Crippen LogP contribution in [0.3, 0.4) is 0 Å². The number of amidine groups is 1. The zero-order valence-electron chi connectivity index (χ0n) is 16.3. The Morgan fingerprint density at radius 1 is 1.20 bits per heavy atom. The zero-order chi connectivity index (χ0) is 21.4. The Hall–Kier alpha value is -3.31. The molecule has 2 amide bonds. The maximum Gasteiger partial charge on any atom is 0.325 e. The van der Waals surface area contributed by atoms with Gasteiger partial charge in [-0.2, -0.15) is 5.26 Å². The normalized spacial score (nSPS) is 20.3. The highest BCUT2D eigenvalue weighted by Gasteiger charge is 2.40. The Bertz CT molecular complexity index is 1090. The number of thioether (sulfide) groups is 1. The molecule has 0 bridgehead atoms. The maximum absolute atomic E-state index is 12.4. The van der Waals surface area contributed by atoms with Gasteiger partial charge in [-0.15, -0.1) is 0 Å². The van der Waals surface area contributed by atoms with Crippen molar-refractivity contribution >= 4 is 34.6 Å². The molecule has 1 aliphatic heterocycles. The van der Waals surface area contributed by atoms with E-state index in [1.165, 1.54) is 4.90 Å². The lowest BCUT2D eigenvalue weighted by Gasteiger charge is -2.22. The third-order valence-electron chi connectivity index (χ3n) is 5.33. The van der Waals surface area contributed by atoms with Gasteiger partial charge in [0.15, 0.2) is 5.17 Å². The van der Waals surface area contributed by atoms with Crippen molar-refractivity contribution in [2.24, 2.45) is 10.7 Å². The largest absolute Gasteiger partial charge is 0.480 e. The van der Waals surface area contributed by atoms with Gasteiger partial charge in [0.25, 0.3) is 0 Å². The molecular weight excluding hydrogens is 400 g/mol. The summed E-state index contributed by atoms with van der Waals surface area (Å²) < 4.78 is 0. The second-order valence-electron chi connectivity index (χ2n) is 7.46. The minimum Gasteiger partial charge on any atom is -0.480 e. The molecule has 2 aromatic carbocycles. The summed E-state index contributed by atoms with van der Waals surface area (Å²) in [7, 11) is 0. The standard InChI is InChI=1S/C22H20N4O3S/c1-12-2-5-16(14-8-9-14)10-17(12)26(21(24)29)22-25-18(19(30-22)20(27)28)15-6-3-13(11-23)4-7-15/h2-7,10,14,18-19H,8-9H2,1H3,(H2,24,29)(H,27,28). The molecule has 152 valence electrons. The Balaban J connectivity index is 1.74. The van der Waals surface area contributed by atoms with Crippen LogP contribution in [0.4, 0.5) is 10.5 Å². The summed E-state index contributed by atoms with van der Waals surface area (Å²) in [6, 6.07) is 13.2. The quantitative estimate of drug-likeness (QED) is 0.777. The number of hydrogen-bond acceptors (Lipinski definition) is 5. The number of aliphatic imine (C=N–C) groups is 1. The average molecular weight is 420 g/mol. The van der Waals surface area contributed by atoms with Gasteiger partial charge in [0.2, 0.25) is 0 Å². The summed E-state index contributed by atoms with van der Waals surface area (Å²) in [6.07, 6.45) is 2.24. The zero-order valence-corrected chi connectivity index (χ0v) is 17.1. The minimum atomic E-state index is -1.03. The summed E-state index contributed by atoms with van der Waals surface area (Å²) in [6.45, 7) is 1.88. The van der Waals surface area contributed by atoms with E-state index in [0.717, 1.165) is 35.7 Å². The van der Waals surface area contributed by atoms with Crippen molar-refractivity contribution in [1.29, 1.82) is 5.26 Å². The van der Waals surface area contributed by atoms with E-state index in [9.17, 15) is 14.7 Å². The van der Waals surface area contributed by atoms with Crippen molar-refractivity contribution in [2.75, 3.05) is 4.90 Å². The number of amides is 2. The highest BCUT2D eigenvalue weighted by Crippen LogP contribution is 2.44. The number of carbonyl (C=O) groups excluding carboxylic acids is 1. The highest BCUT2D eigenvalue weighted by atomic mass is 32.2. The van der Waals surface area contributed by atoms with Crippen LogP contribution in [0.2, 0.25) is 0 Å². The first-order valence-electron chi connectivity index (χ1n) is 9.56. The number of nitriles is 1. The van der Waals surface area contributed by atoms with Crippen molar-refractivity contribution in [2.45, 2.75) is 37.0 Å². The number of aliphatic carboxylic acids is 1. The van der Waals surface area contributed by atoms with Crippen LogP contribution in [0.15, 0.2) is 47.5 Å². The number of anilines is 1. The summed E-state index contributed by atoms with van der Waals surface area (Å²) in [4.78, 5) is 30.2. The predicted molar refractivity (Wildman–Crippen MR) is 116 cm³/mol. The monoisotopic (exact) mass is 420 g/mol. The van der Waals surface area contributed by atoms with Crippen LogP contribution < -0.4 is 10.6 Å². The molecule has 8 heteroatoms. The fourth-order valence-corrected chi connectivity index (χ4v) is 4.69. The van der Waals surface area contributed by atoms with Gasteiger partial charge in [0.1, 0.15) is 11.3 Å². The second kappa shape index (κ2) is 7.84. The first-order chi connectivity index (χ1) is 14.4. The minimum absolute atomic E-state index is 0.264. The van der Waals surface area contributed by atoms with E-state index in [-0.39, 0.29) is 5.17 Å². The van der Waals surface area contributed by atoms with Gasteiger partial charge < -0.3 is 10.8 Å². The Morgan fingerprint density at radius 3 is 2.43 bits per heavy atom. The van der Waals surface area contributed by atoms with Crippen LogP contribution in [0.1, 0.15) is 47.1 Å². The molecule has 7 nitrogen and oxygen atoms in total. The Kier molecular flexibility index (Phi) is 5.22. The van der Waals surface area contributed by atoms with Crippen LogP contribution in [-0.4, -0.2) is 27.5 Å². The molecule has 0 saturated heterocycles. The number of primary amides is 1. The highest BCUT2D eigenvalue weighted by molar-refractivity contribution is 8.15. The summed E-state index contributed by atoms with van der Waals surface area (Å²) >= 11 is 1.01. The number of urea groups is 1. The summed E-state index contributed by atoms with van der Waals surface area (Å²) in [5.41, 5.74) is 9.48. The van der Waals surface area contributed by atoms with Crippen LogP contribution in [0, 0.1) is 18.3 Å². The molecule has 2 aliphatic rings. The first-order valence-corrected chi connectivity index (χ1v) is 10.4. The van der Waals surface area contributed by atoms with Gasteiger partial charge in [-0.3, -0.25) is 9.79 Å². The van der Waals surface area contributed by atoms with Gasteiger partial charge in [-0.05, 0) is 60.6 Å². The van der Waals surface area contributed by atoms with Gasteiger partial charge >= 0.3 is 12.0 Å². The smallest absolute Gasteiger partial charge is 0.325 e. The number of carbonyl (C=O) groups is 2. The lowest BCUT2D eigenvalue weighted by molar-refractivity contribution is -0.136. The Labute approximate surface area is 178 Å². The van der Waals surface area contributed by atoms with Crippen molar-refractivity contribution in [1.82, 2.24) is 0 Å². The second-order valence-corrected chi connectivity index (χ2v) is 8.57. The number of carboxylic acid groups (broad SMARTS) is 1. The van der Waals surface area contributed by atoms with E-state index in [1.54, 1.807) is 24.3 Å². The molecule has 4 rings (SSSR count). The number of carboxylic acids is 1. The molecule has 2 unspecified atom stereocenters. The number of rotatable bonds is 4. The topological polar surface area (TPSA) is 120 Å². The van der Waals surface area contributed by atoms with E-state index in [2.05, 4.69) is 11.1 Å². The van der Waals surface area contributed by atoms with Crippen LogP contribution in [0.5, 0.6) is 0 Å². The van der Waals surface area contributed by atoms with E-state index in [4.69, 9.17) is 11.0 Å². The SMILES string of the molecule is Cc1ccc(C2CC2)cc1N(C(N)=O)C1=NC(c2ccc(C#N)cc2)C(C(=O)O)S1. The fourth-order valence-electron chi connectivity index (χ4n) is 3.55. The third-order valence-corrected chi connectivity index (χ3v) is 6.54. The number of nitrogens with zero attached hydrogens (tertiary/aromatic N) is 3. The summed E-state index contributed by atoms with van der Waals surface area (Å²) in [5, 5.41) is 18.1. The van der Waals surface area contributed by atoms with E-state index in [0.29, 0.717) is 22.7 Å². The van der Waals surface area contributed by atoms with Crippen molar-refractivity contribution in [3.05, 3.63) is 64.7 Å². The Morgan fingerprint density at radius 2 is 1.87 bits per heavy atom. The number of aryl methyl sites for hydroxylation is 1. The predicted octanol–water partition coefficient (Wildman–Crippen LogP) is 3.93. The molecule has 3 N–H and O–H groups in total. The number of hydrogen-bond donors (Lipinski definition) is 2. The molecule has 1 heterocycles. The van der Waals surface area contributed by atoms with E-state index >= 15 is 0 Å². The molecule has 1 fully saturated rings. The van der Waals surface area contributed by atoms with Crippen LogP contribution >= 0.6 is 11.8 Å². The molecule has 30 heavy (non-hydrogen) atoms. The molecular formula is C22H20N4O3S. The summed E-state index contributed by atoms with van der Waals surface area (Å²) in [5.74, 6) is -0.531. The maximum atomic E-state index is 12.4. The van der Waals surface area contributed by atoms with Crippen LogP contribution in [-0.2, 0) is 4.79 Å². The molecule has 0 aromatic heterocycles. The lowest BCUT2D eigenvalue weighted by atomic mass is 10.0. The van der Waals surface area contributed by atoms with Crippen molar-refractivity contribution < 1.29 is 14.7 Å². The lowest BCUT2D eigenvalue weighted by Crippen LogP contribution is -2.39. The van der Waals surface area contributed by atoms with E-state index in [1.807, 2.05) is 25.1 Å². The fraction of sp³-hybridized carbons (Fsp3) is 0.273. The van der Waals surface area contributed by atoms with Crippen LogP contribution in [0.25, 0.3) is 0 Å². The molecule has 2 atom stereocenters. The first kappa shape index (κ1) is 20.0. The number of nitrogens with two attached hydrogens (primary N) is 1. The third kappa shape index (κ3) is 3.76. The molecule has 1 saturated carbocycles. The number of benzene rings is 2. The molecule has 2 aromatic rings. The van der Waals surface area contributed by atoms with Crippen molar-refractivity contribution in [3.8, 4) is 6.07 Å².